The van der Waals surface area contributed by atoms with E-state index in [0.29, 0.717) is 29.0 Å². The van der Waals surface area contributed by atoms with Gasteiger partial charge in [0.15, 0.2) is 0 Å². The van der Waals surface area contributed by atoms with Crippen LogP contribution in [0.3, 0.4) is 0 Å². The van der Waals surface area contributed by atoms with Crippen molar-refractivity contribution in [1.29, 1.82) is 0 Å². The number of nitrogens with zero attached hydrogens (tertiary/aromatic N) is 2. The summed E-state index contributed by atoms with van der Waals surface area (Å²) in [6, 6.07) is 9.70. The lowest BCUT2D eigenvalue weighted by atomic mass is 9.99. The van der Waals surface area contributed by atoms with Gasteiger partial charge in [0, 0.05) is 37.1 Å². The Morgan fingerprint density at radius 3 is 2.12 bits per heavy atom. The molecule has 0 saturated carbocycles. The number of pyridine rings is 1. The van der Waals surface area contributed by atoms with Crippen molar-refractivity contribution in [1.82, 2.24) is 9.88 Å². The summed E-state index contributed by atoms with van der Waals surface area (Å²) in [5.41, 5.74) is -2.03. The predicted molar refractivity (Wildman–Crippen MR) is 108 cm³/mol. The number of aromatic nitrogens is 1. The highest BCUT2D eigenvalue weighted by Crippen LogP contribution is 2.37. The number of carbonyl (C=O) groups excluding carboxylic acids is 1. The van der Waals surface area contributed by atoms with Gasteiger partial charge in [-0.05, 0) is 35.9 Å². The van der Waals surface area contributed by atoms with Crippen molar-refractivity contribution in [2.24, 2.45) is 0 Å². The van der Waals surface area contributed by atoms with Gasteiger partial charge in [0.2, 0.25) is 0 Å². The standard InChI is InChI=1S/C23H18F6N2O2/c1-31(13-14-9-15(22(24,25)26)11-16(10-14)23(27,28)29)21(32)19-12-30-8-7-17(19)18-5-3-4-6-20(18)33-2/h3-12H,13H2,1-2H3. The van der Waals surface area contributed by atoms with Gasteiger partial charge >= 0.3 is 12.4 Å². The molecule has 0 N–H and O–H groups in total. The summed E-state index contributed by atoms with van der Waals surface area (Å²) in [5.74, 6) is -0.150. The second-order valence-corrected chi connectivity index (χ2v) is 7.20. The first-order chi connectivity index (χ1) is 15.4. The van der Waals surface area contributed by atoms with Gasteiger partial charge in [-0.25, -0.2) is 0 Å². The van der Waals surface area contributed by atoms with Crippen LogP contribution in [0.1, 0.15) is 27.0 Å². The predicted octanol–water partition coefficient (Wildman–Crippen LogP) is 6.07. The smallest absolute Gasteiger partial charge is 0.416 e. The number of carbonyl (C=O) groups is 1. The van der Waals surface area contributed by atoms with Crippen LogP contribution in [-0.2, 0) is 18.9 Å². The molecule has 0 aliphatic heterocycles. The molecule has 3 aromatic rings. The Bertz CT molecular complexity index is 1130. The number of amides is 1. The average molecular weight is 468 g/mol. The molecule has 0 saturated heterocycles. The van der Waals surface area contributed by atoms with Crippen LogP contribution in [-0.4, -0.2) is 29.9 Å². The molecule has 10 heteroatoms. The Kier molecular flexibility index (Phi) is 6.66. The van der Waals surface area contributed by atoms with E-state index in [1.54, 1.807) is 30.3 Å². The maximum atomic E-state index is 13.1. The summed E-state index contributed by atoms with van der Waals surface area (Å²) in [4.78, 5) is 18.1. The first-order valence-corrected chi connectivity index (χ1v) is 9.53. The molecule has 1 aromatic heterocycles. The van der Waals surface area contributed by atoms with Crippen molar-refractivity contribution in [3.05, 3.63) is 83.2 Å². The maximum Gasteiger partial charge on any atom is 0.416 e. The molecule has 33 heavy (non-hydrogen) atoms. The molecule has 2 aromatic carbocycles. The molecule has 0 fully saturated rings. The minimum atomic E-state index is -4.97. The van der Waals surface area contributed by atoms with Crippen LogP contribution in [0.15, 0.2) is 60.9 Å². The van der Waals surface area contributed by atoms with Gasteiger partial charge in [-0.15, -0.1) is 0 Å². The molecule has 0 radical (unpaired) electrons. The fourth-order valence-corrected chi connectivity index (χ4v) is 3.33. The quantitative estimate of drug-likeness (QED) is 0.427. The van der Waals surface area contributed by atoms with E-state index in [-0.39, 0.29) is 17.2 Å². The first-order valence-electron chi connectivity index (χ1n) is 9.53. The molecule has 1 amide bonds. The van der Waals surface area contributed by atoms with E-state index in [1.807, 2.05) is 0 Å². The Morgan fingerprint density at radius 1 is 0.939 bits per heavy atom. The first kappa shape index (κ1) is 24.1. The van der Waals surface area contributed by atoms with Crippen molar-refractivity contribution in [2.45, 2.75) is 18.9 Å². The minimum Gasteiger partial charge on any atom is -0.496 e. The lowest BCUT2D eigenvalue weighted by molar-refractivity contribution is -0.143. The average Bonchev–Trinajstić information content (AvgIpc) is 2.77. The molecular weight excluding hydrogens is 450 g/mol. The van der Waals surface area contributed by atoms with Crippen LogP contribution in [0.25, 0.3) is 11.1 Å². The molecule has 0 aliphatic rings. The number of alkyl halides is 6. The Balaban J connectivity index is 1.97. The fraction of sp³-hybridized carbons (Fsp3) is 0.217. The largest absolute Gasteiger partial charge is 0.496 e. The van der Waals surface area contributed by atoms with Gasteiger partial charge in [0.25, 0.3) is 5.91 Å². The van der Waals surface area contributed by atoms with Gasteiger partial charge < -0.3 is 9.64 Å². The summed E-state index contributed by atoms with van der Waals surface area (Å²) in [6.07, 6.45) is -7.20. The second kappa shape index (κ2) is 9.13. The van der Waals surface area contributed by atoms with Gasteiger partial charge in [-0.2, -0.15) is 26.3 Å². The lowest BCUT2D eigenvalue weighted by Gasteiger charge is -2.21. The molecule has 0 atom stereocenters. The van der Waals surface area contributed by atoms with E-state index in [9.17, 15) is 31.1 Å². The molecular formula is C23H18F6N2O2. The summed E-state index contributed by atoms with van der Waals surface area (Å²) in [7, 11) is 2.74. The minimum absolute atomic E-state index is 0.0478. The van der Waals surface area contributed by atoms with Gasteiger partial charge in [0.05, 0.1) is 23.8 Å². The Morgan fingerprint density at radius 2 is 1.55 bits per heavy atom. The molecule has 174 valence electrons. The highest BCUT2D eigenvalue weighted by atomic mass is 19.4. The number of benzene rings is 2. The molecule has 0 spiro atoms. The zero-order valence-corrected chi connectivity index (χ0v) is 17.5. The summed E-state index contributed by atoms with van der Waals surface area (Å²) in [5, 5.41) is 0. The molecule has 0 aliphatic carbocycles. The summed E-state index contributed by atoms with van der Waals surface area (Å²) < 4.78 is 84.2. The Labute approximate surface area is 185 Å². The van der Waals surface area contributed by atoms with Crippen LogP contribution in [0.4, 0.5) is 26.3 Å². The zero-order valence-electron chi connectivity index (χ0n) is 17.5. The van der Waals surface area contributed by atoms with E-state index in [1.165, 1.54) is 26.6 Å². The van der Waals surface area contributed by atoms with Crippen LogP contribution >= 0.6 is 0 Å². The van der Waals surface area contributed by atoms with E-state index >= 15 is 0 Å². The van der Waals surface area contributed by atoms with E-state index in [0.717, 1.165) is 4.90 Å². The number of methoxy groups -OCH3 is 1. The number of hydrogen-bond donors (Lipinski definition) is 0. The third-order valence-electron chi connectivity index (χ3n) is 4.86. The number of ether oxygens (including phenoxy) is 1. The Hall–Kier alpha value is -3.56. The zero-order chi connectivity index (χ0) is 24.4. The number of para-hydroxylation sites is 1. The van der Waals surface area contributed by atoms with E-state index in [4.69, 9.17) is 4.74 Å². The van der Waals surface area contributed by atoms with Crippen LogP contribution < -0.4 is 4.74 Å². The summed E-state index contributed by atoms with van der Waals surface area (Å²) in [6.45, 7) is -0.480. The van der Waals surface area contributed by atoms with Crippen LogP contribution in [0.5, 0.6) is 5.75 Å². The van der Waals surface area contributed by atoms with Crippen LogP contribution in [0.2, 0.25) is 0 Å². The van der Waals surface area contributed by atoms with Gasteiger partial charge in [-0.3, -0.25) is 9.78 Å². The number of hydrogen-bond acceptors (Lipinski definition) is 3. The molecule has 4 nitrogen and oxygen atoms in total. The summed E-state index contributed by atoms with van der Waals surface area (Å²) >= 11 is 0. The second-order valence-electron chi connectivity index (χ2n) is 7.20. The molecule has 3 rings (SSSR count). The maximum absolute atomic E-state index is 13.1. The third-order valence-corrected chi connectivity index (χ3v) is 4.86. The normalized spacial score (nSPS) is 11.9. The highest BCUT2D eigenvalue weighted by Gasteiger charge is 2.37. The fourth-order valence-electron chi connectivity index (χ4n) is 3.33. The number of rotatable bonds is 5. The topological polar surface area (TPSA) is 42.4 Å². The van der Waals surface area contributed by atoms with Crippen molar-refractivity contribution in [3.63, 3.8) is 0 Å². The number of halogens is 6. The molecule has 0 bridgehead atoms. The van der Waals surface area contributed by atoms with Crippen molar-refractivity contribution in [3.8, 4) is 16.9 Å². The van der Waals surface area contributed by atoms with Crippen LogP contribution in [0, 0.1) is 0 Å². The van der Waals surface area contributed by atoms with Crippen molar-refractivity contribution in [2.75, 3.05) is 14.2 Å². The highest BCUT2D eigenvalue weighted by molar-refractivity contribution is 6.01. The monoisotopic (exact) mass is 468 g/mol. The SMILES string of the molecule is COc1ccccc1-c1ccncc1C(=O)N(C)Cc1cc(C(F)(F)F)cc(C(F)(F)F)c1. The van der Waals surface area contributed by atoms with Gasteiger partial charge in [-0.1, -0.05) is 18.2 Å². The third kappa shape index (κ3) is 5.44. The molecule has 0 unspecified atom stereocenters. The van der Waals surface area contributed by atoms with Crippen molar-refractivity contribution < 1.29 is 35.9 Å². The van der Waals surface area contributed by atoms with E-state index < -0.39 is 35.9 Å². The van der Waals surface area contributed by atoms with E-state index in [2.05, 4.69) is 4.98 Å². The molecule has 1 heterocycles. The lowest BCUT2D eigenvalue weighted by Crippen LogP contribution is -2.27. The van der Waals surface area contributed by atoms with Gasteiger partial charge in [0.1, 0.15) is 5.75 Å². The van der Waals surface area contributed by atoms with Crippen molar-refractivity contribution >= 4 is 5.91 Å².